The molecule has 2 heterocycles. The molecule has 0 N–H and O–H groups in total. The van der Waals surface area contributed by atoms with Crippen molar-refractivity contribution in [2.24, 2.45) is 0 Å². The second kappa shape index (κ2) is 8.50. The maximum Gasteiger partial charge on any atom is 0.327 e. The highest BCUT2D eigenvalue weighted by Crippen LogP contribution is 2.40. The topological polar surface area (TPSA) is 68.3 Å². The number of para-hydroxylation sites is 2. The number of alkyl halides is 2. The summed E-state index contributed by atoms with van der Waals surface area (Å²) in [7, 11) is 0. The number of quaternary nitrogens is 2. The second-order valence-corrected chi connectivity index (χ2v) is 8.87. The molecule has 0 radical (unpaired) electrons. The highest BCUT2D eigenvalue weighted by atomic mass is 79.9. The second-order valence-electron chi connectivity index (χ2n) is 7.87. The van der Waals surface area contributed by atoms with Crippen LogP contribution in [0.5, 0.6) is 0 Å². The van der Waals surface area contributed by atoms with Crippen molar-refractivity contribution in [1.29, 1.82) is 0 Å². The zero-order valence-electron chi connectivity index (χ0n) is 16.9. The molecule has 4 rings (SSSR count). The molecule has 31 heavy (non-hydrogen) atoms. The van der Waals surface area contributed by atoms with E-state index in [0.717, 1.165) is 11.1 Å². The van der Waals surface area contributed by atoms with Gasteiger partial charge in [0, 0.05) is 29.7 Å². The van der Waals surface area contributed by atoms with Gasteiger partial charge in [0.2, 0.25) is 0 Å². The fourth-order valence-electron chi connectivity index (χ4n) is 4.67. The zero-order valence-corrected chi connectivity index (χ0v) is 20.0. The van der Waals surface area contributed by atoms with Crippen LogP contribution in [0, 0.1) is 0 Å². The Balaban J connectivity index is 1.84. The van der Waals surface area contributed by atoms with Crippen molar-refractivity contribution >= 4 is 66.9 Å². The number of rotatable bonds is 6. The number of benzene rings is 2. The number of nitrogens with zero attached hydrogens (tertiary/aromatic N) is 2. The minimum absolute atomic E-state index is 0.128. The van der Waals surface area contributed by atoms with E-state index < -0.39 is 0 Å². The van der Waals surface area contributed by atoms with E-state index in [2.05, 4.69) is 31.9 Å². The van der Waals surface area contributed by atoms with Gasteiger partial charge in [-0.25, -0.2) is 19.2 Å². The lowest BCUT2D eigenvalue weighted by Gasteiger charge is -2.30. The first-order valence-electron chi connectivity index (χ1n) is 10.1. The van der Waals surface area contributed by atoms with Crippen LogP contribution in [0.1, 0.15) is 36.8 Å². The van der Waals surface area contributed by atoms with Gasteiger partial charge in [0.15, 0.2) is 22.3 Å². The number of imide groups is 2. The SMILES string of the molecule is O=C1CCC(=O)[N+]1(CBr)c1ccccc1Cc1ccccc1[N+]1(CBr)C(=O)CCC1=O. The Morgan fingerprint density at radius 2 is 0.903 bits per heavy atom. The highest BCUT2D eigenvalue weighted by molar-refractivity contribution is 9.09. The van der Waals surface area contributed by atoms with Gasteiger partial charge in [-0.05, 0) is 31.9 Å². The van der Waals surface area contributed by atoms with E-state index in [-0.39, 0.29) is 69.2 Å². The molecule has 0 unspecified atom stereocenters. The Morgan fingerprint density at radius 3 is 1.23 bits per heavy atom. The van der Waals surface area contributed by atoms with Gasteiger partial charge in [0.25, 0.3) is 0 Å². The van der Waals surface area contributed by atoms with Gasteiger partial charge in [-0.15, -0.1) is 0 Å². The van der Waals surface area contributed by atoms with Crippen LogP contribution < -0.4 is 8.97 Å². The minimum Gasteiger partial charge on any atom is -0.230 e. The summed E-state index contributed by atoms with van der Waals surface area (Å²) in [4.78, 5) is 51.3. The van der Waals surface area contributed by atoms with Gasteiger partial charge in [0.05, 0.1) is 25.7 Å². The quantitative estimate of drug-likeness (QED) is 0.233. The van der Waals surface area contributed by atoms with Crippen LogP contribution in [0.3, 0.4) is 0 Å². The lowest BCUT2D eigenvalue weighted by molar-refractivity contribution is -0.137. The number of carbonyl (C=O) groups is 4. The molecule has 2 aliphatic heterocycles. The van der Waals surface area contributed by atoms with Gasteiger partial charge in [-0.2, -0.15) is 8.97 Å². The predicted molar refractivity (Wildman–Crippen MR) is 125 cm³/mol. The molecule has 8 heteroatoms. The molecule has 0 saturated carbocycles. The standard InChI is InChI=1S/C23H22Br2N2O4/c24-14-26(20(28)9-10-21(26)29)18-7-3-1-5-16(18)13-17-6-2-4-8-19(17)27(15-25)22(30)11-12-23(27)31/h1-8H,9-15H2/q+2. The molecule has 0 atom stereocenters. The van der Waals surface area contributed by atoms with E-state index in [1.807, 2.05) is 48.5 Å². The van der Waals surface area contributed by atoms with Crippen LogP contribution in [-0.2, 0) is 25.6 Å². The smallest absolute Gasteiger partial charge is 0.230 e. The maximum absolute atomic E-state index is 12.8. The van der Waals surface area contributed by atoms with Crippen molar-refractivity contribution < 1.29 is 19.2 Å². The number of hydrogen-bond donors (Lipinski definition) is 0. The Kier molecular flexibility index (Phi) is 6.09. The third kappa shape index (κ3) is 3.28. The number of carbonyl (C=O) groups excluding carboxylic acids is 4. The minimum atomic E-state index is -0.353. The van der Waals surface area contributed by atoms with Gasteiger partial charge in [-0.1, -0.05) is 36.4 Å². The van der Waals surface area contributed by atoms with E-state index in [1.54, 1.807) is 0 Å². The normalized spacial score (nSPS) is 19.9. The van der Waals surface area contributed by atoms with Crippen molar-refractivity contribution in [1.82, 2.24) is 8.97 Å². The largest absolute Gasteiger partial charge is 0.327 e. The van der Waals surface area contributed by atoms with Crippen molar-refractivity contribution in [2.45, 2.75) is 32.1 Å². The lowest BCUT2D eigenvalue weighted by Crippen LogP contribution is -2.53. The van der Waals surface area contributed by atoms with Gasteiger partial charge in [0.1, 0.15) is 0 Å². The van der Waals surface area contributed by atoms with Crippen molar-refractivity contribution in [3.63, 3.8) is 0 Å². The van der Waals surface area contributed by atoms with Crippen LogP contribution in [-0.4, -0.2) is 34.5 Å². The molecule has 0 spiro atoms. The molecule has 2 aromatic carbocycles. The number of amides is 4. The number of hydrogen-bond acceptors (Lipinski definition) is 4. The van der Waals surface area contributed by atoms with E-state index >= 15 is 0 Å². The fraction of sp³-hybridized carbons (Fsp3) is 0.304. The van der Waals surface area contributed by atoms with E-state index in [4.69, 9.17) is 0 Å². The summed E-state index contributed by atoms with van der Waals surface area (Å²) >= 11 is 6.81. The molecule has 2 aromatic rings. The molecule has 160 valence electrons. The first kappa shape index (κ1) is 22.2. The van der Waals surface area contributed by atoms with Gasteiger partial charge >= 0.3 is 23.6 Å². The summed E-state index contributed by atoms with van der Waals surface area (Å²) in [5.74, 6) is -0.513. The molecular weight excluding hydrogens is 528 g/mol. The van der Waals surface area contributed by atoms with Crippen LogP contribution in [0.4, 0.5) is 11.4 Å². The Hall–Kier alpha value is -2.00. The van der Waals surface area contributed by atoms with Crippen molar-refractivity contribution in [3.8, 4) is 0 Å². The molecule has 6 nitrogen and oxygen atoms in total. The van der Waals surface area contributed by atoms with Crippen molar-refractivity contribution in [3.05, 3.63) is 59.7 Å². The highest BCUT2D eigenvalue weighted by Gasteiger charge is 2.53. The molecule has 0 aliphatic carbocycles. The molecule has 0 bridgehead atoms. The van der Waals surface area contributed by atoms with Gasteiger partial charge in [-0.3, -0.25) is 0 Å². The maximum atomic E-state index is 12.8. The average Bonchev–Trinajstić information content (AvgIpc) is 3.24. The molecular formula is C23H22Br2N2O4+2. The molecule has 2 aliphatic rings. The third-order valence-electron chi connectivity index (χ3n) is 6.35. The Morgan fingerprint density at radius 1 is 0.581 bits per heavy atom. The van der Waals surface area contributed by atoms with E-state index in [1.165, 1.54) is 0 Å². The summed E-state index contributed by atoms with van der Waals surface area (Å²) < 4.78 is -0.705. The third-order valence-corrected chi connectivity index (χ3v) is 7.86. The summed E-state index contributed by atoms with van der Waals surface area (Å²) in [6, 6.07) is 14.8. The van der Waals surface area contributed by atoms with Crippen LogP contribution in [0.25, 0.3) is 0 Å². The summed E-state index contributed by atoms with van der Waals surface area (Å²) in [6.45, 7) is 0. The van der Waals surface area contributed by atoms with Crippen LogP contribution in [0.15, 0.2) is 48.5 Å². The summed E-state index contributed by atoms with van der Waals surface area (Å²) in [5, 5.41) is 0. The van der Waals surface area contributed by atoms with Crippen LogP contribution >= 0.6 is 31.9 Å². The Bertz CT molecular complexity index is 981. The molecule has 4 amide bonds. The van der Waals surface area contributed by atoms with E-state index in [0.29, 0.717) is 17.8 Å². The van der Waals surface area contributed by atoms with E-state index in [9.17, 15) is 19.2 Å². The molecule has 0 aromatic heterocycles. The lowest BCUT2D eigenvalue weighted by atomic mass is 9.99. The van der Waals surface area contributed by atoms with Crippen LogP contribution in [0.2, 0.25) is 0 Å². The number of halogens is 2. The van der Waals surface area contributed by atoms with Crippen molar-refractivity contribution in [2.75, 3.05) is 10.9 Å². The summed E-state index contributed by atoms with van der Waals surface area (Å²) in [6.07, 6.45) is 1.29. The fourth-order valence-corrected chi connectivity index (χ4v) is 6.33. The molecule has 2 fully saturated rings. The first-order valence-corrected chi connectivity index (χ1v) is 12.3. The first-order chi connectivity index (χ1) is 14.9. The molecule has 2 saturated heterocycles. The predicted octanol–water partition coefficient (Wildman–Crippen LogP) is 4.29. The number of likely N-dealkylation sites (tertiary alicyclic amines) is 2. The monoisotopic (exact) mass is 548 g/mol. The Labute approximate surface area is 197 Å². The zero-order chi connectivity index (χ0) is 22.2. The average molecular weight is 550 g/mol. The van der Waals surface area contributed by atoms with Gasteiger partial charge < -0.3 is 0 Å². The summed E-state index contributed by atoms with van der Waals surface area (Å²) in [5.41, 5.74) is 3.30.